The minimum atomic E-state index is -0.112. The highest BCUT2D eigenvalue weighted by molar-refractivity contribution is 4.91. The van der Waals surface area contributed by atoms with E-state index in [4.69, 9.17) is 5.73 Å². The standard InChI is InChI=1S/C15H30N2O/c1-2-17(14-9-5-6-10-15(14)18)13-8-4-3-7-12(13)11-16/h12-15,18H,2-11,16H2,1H3. The van der Waals surface area contributed by atoms with Gasteiger partial charge in [-0.1, -0.05) is 32.6 Å². The first-order chi connectivity index (χ1) is 8.77. The molecule has 3 nitrogen and oxygen atoms in total. The van der Waals surface area contributed by atoms with Crippen LogP contribution in [0.3, 0.4) is 0 Å². The van der Waals surface area contributed by atoms with Gasteiger partial charge >= 0.3 is 0 Å². The van der Waals surface area contributed by atoms with E-state index in [1.54, 1.807) is 0 Å². The highest BCUT2D eigenvalue weighted by atomic mass is 16.3. The molecule has 0 aromatic rings. The number of nitrogens with two attached hydrogens (primary N) is 1. The first-order valence-corrected chi connectivity index (χ1v) is 7.91. The maximum Gasteiger partial charge on any atom is 0.0695 e. The van der Waals surface area contributed by atoms with Crippen molar-refractivity contribution in [2.75, 3.05) is 13.1 Å². The lowest BCUT2D eigenvalue weighted by Gasteiger charge is -2.46. The summed E-state index contributed by atoms with van der Waals surface area (Å²) < 4.78 is 0. The molecular formula is C15H30N2O. The van der Waals surface area contributed by atoms with Crippen molar-refractivity contribution in [3.05, 3.63) is 0 Å². The molecule has 0 spiro atoms. The van der Waals surface area contributed by atoms with Crippen molar-refractivity contribution in [1.29, 1.82) is 0 Å². The number of nitrogens with zero attached hydrogens (tertiary/aromatic N) is 1. The van der Waals surface area contributed by atoms with Gasteiger partial charge in [0.1, 0.15) is 0 Å². The summed E-state index contributed by atoms with van der Waals surface area (Å²) >= 11 is 0. The molecule has 3 N–H and O–H groups in total. The van der Waals surface area contributed by atoms with E-state index in [0.29, 0.717) is 18.0 Å². The summed E-state index contributed by atoms with van der Waals surface area (Å²) in [6, 6.07) is 1.01. The van der Waals surface area contributed by atoms with E-state index in [2.05, 4.69) is 11.8 Å². The second-order valence-electron chi connectivity index (χ2n) is 6.10. The molecule has 4 atom stereocenters. The van der Waals surface area contributed by atoms with E-state index in [0.717, 1.165) is 19.5 Å². The molecule has 2 aliphatic rings. The van der Waals surface area contributed by atoms with E-state index >= 15 is 0 Å². The first kappa shape index (κ1) is 14.3. The van der Waals surface area contributed by atoms with E-state index < -0.39 is 0 Å². The third-order valence-electron chi connectivity index (χ3n) is 5.08. The summed E-state index contributed by atoms with van der Waals surface area (Å²) in [5, 5.41) is 10.3. The zero-order chi connectivity index (χ0) is 13.0. The second kappa shape index (κ2) is 6.88. The number of rotatable bonds is 4. The highest BCUT2D eigenvalue weighted by Gasteiger charge is 2.36. The van der Waals surface area contributed by atoms with Crippen molar-refractivity contribution in [1.82, 2.24) is 4.90 Å². The molecule has 0 aromatic carbocycles. The monoisotopic (exact) mass is 254 g/mol. The molecule has 4 unspecified atom stereocenters. The molecule has 0 bridgehead atoms. The Kier molecular flexibility index (Phi) is 5.46. The van der Waals surface area contributed by atoms with E-state index in [-0.39, 0.29) is 6.10 Å². The maximum absolute atomic E-state index is 10.3. The predicted molar refractivity (Wildman–Crippen MR) is 75.4 cm³/mol. The van der Waals surface area contributed by atoms with Gasteiger partial charge in [-0.2, -0.15) is 0 Å². The summed E-state index contributed by atoms with van der Waals surface area (Å²) in [6.07, 6.45) is 9.74. The molecule has 2 saturated carbocycles. The van der Waals surface area contributed by atoms with Gasteiger partial charge in [0.2, 0.25) is 0 Å². The number of hydrogen-bond acceptors (Lipinski definition) is 3. The first-order valence-electron chi connectivity index (χ1n) is 7.91. The Morgan fingerprint density at radius 2 is 1.61 bits per heavy atom. The van der Waals surface area contributed by atoms with Crippen LogP contribution in [0.25, 0.3) is 0 Å². The molecule has 2 aliphatic carbocycles. The third-order valence-corrected chi connectivity index (χ3v) is 5.08. The van der Waals surface area contributed by atoms with Crippen molar-refractivity contribution < 1.29 is 5.11 Å². The van der Waals surface area contributed by atoms with E-state index in [9.17, 15) is 5.11 Å². The molecule has 3 heteroatoms. The van der Waals surface area contributed by atoms with Crippen LogP contribution in [-0.2, 0) is 0 Å². The molecule has 0 radical (unpaired) electrons. The molecule has 0 amide bonds. The lowest BCUT2D eigenvalue weighted by atomic mass is 9.81. The summed E-state index contributed by atoms with van der Waals surface area (Å²) in [6.45, 7) is 4.11. The van der Waals surface area contributed by atoms with Gasteiger partial charge in [-0.15, -0.1) is 0 Å². The minimum Gasteiger partial charge on any atom is -0.391 e. The number of aliphatic hydroxyl groups is 1. The topological polar surface area (TPSA) is 49.5 Å². The van der Waals surface area contributed by atoms with Crippen LogP contribution in [0.2, 0.25) is 0 Å². The van der Waals surface area contributed by atoms with Gasteiger partial charge in [-0.3, -0.25) is 4.90 Å². The fraction of sp³-hybridized carbons (Fsp3) is 1.00. The van der Waals surface area contributed by atoms with Crippen molar-refractivity contribution >= 4 is 0 Å². The quantitative estimate of drug-likeness (QED) is 0.808. The SMILES string of the molecule is CCN(C1CCCCC1O)C1CCCCC1CN. The van der Waals surface area contributed by atoms with Crippen molar-refractivity contribution in [3.8, 4) is 0 Å². The predicted octanol–water partition coefficient (Wildman–Crippen LogP) is 2.13. The Hall–Kier alpha value is -0.120. The van der Waals surface area contributed by atoms with Crippen molar-refractivity contribution in [3.63, 3.8) is 0 Å². The van der Waals surface area contributed by atoms with Crippen molar-refractivity contribution in [2.45, 2.75) is 76.5 Å². The smallest absolute Gasteiger partial charge is 0.0695 e. The molecule has 2 rings (SSSR count). The van der Waals surface area contributed by atoms with Gasteiger partial charge in [-0.25, -0.2) is 0 Å². The Morgan fingerprint density at radius 3 is 2.22 bits per heavy atom. The van der Waals surface area contributed by atoms with Crippen LogP contribution in [0.4, 0.5) is 0 Å². The summed E-state index contributed by atoms with van der Waals surface area (Å²) in [7, 11) is 0. The maximum atomic E-state index is 10.3. The number of aliphatic hydroxyl groups excluding tert-OH is 1. The van der Waals surface area contributed by atoms with Crippen LogP contribution >= 0.6 is 0 Å². The average molecular weight is 254 g/mol. The van der Waals surface area contributed by atoms with Crippen LogP contribution in [0.1, 0.15) is 58.3 Å². The van der Waals surface area contributed by atoms with Crippen LogP contribution in [0.15, 0.2) is 0 Å². The highest BCUT2D eigenvalue weighted by Crippen LogP contribution is 2.32. The fourth-order valence-corrected chi connectivity index (χ4v) is 4.09. The molecule has 0 aromatic heterocycles. The van der Waals surface area contributed by atoms with E-state index in [1.165, 1.54) is 44.9 Å². The zero-order valence-corrected chi connectivity index (χ0v) is 11.9. The largest absolute Gasteiger partial charge is 0.391 e. The van der Waals surface area contributed by atoms with Crippen LogP contribution in [-0.4, -0.2) is 41.3 Å². The Labute approximate surface area is 112 Å². The molecular weight excluding hydrogens is 224 g/mol. The fourth-order valence-electron chi connectivity index (χ4n) is 4.09. The van der Waals surface area contributed by atoms with Gasteiger partial charge < -0.3 is 10.8 Å². The lowest BCUT2D eigenvalue weighted by Crippen LogP contribution is -2.54. The van der Waals surface area contributed by atoms with Gasteiger partial charge in [0.15, 0.2) is 0 Å². The Balaban J connectivity index is 2.05. The van der Waals surface area contributed by atoms with Crippen LogP contribution in [0, 0.1) is 5.92 Å². The van der Waals surface area contributed by atoms with Gasteiger partial charge in [0.05, 0.1) is 6.10 Å². The van der Waals surface area contributed by atoms with Crippen LogP contribution in [0.5, 0.6) is 0 Å². The molecule has 0 saturated heterocycles. The molecule has 0 aliphatic heterocycles. The zero-order valence-electron chi connectivity index (χ0n) is 11.9. The van der Waals surface area contributed by atoms with Gasteiger partial charge in [0, 0.05) is 12.1 Å². The third kappa shape index (κ3) is 3.06. The van der Waals surface area contributed by atoms with Crippen molar-refractivity contribution in [2.24, 2.45) is 11.7 Å². The van der Waals surface area contributed by atoms with Crippen LogP contribution < -0.4 is 5.73 Å². The van der Waals surface area contributed by atoms with Gasteiger partial charge in [-0.05, 0) is 44.7 Å². The summed E-state index contributed by atoms with van der Waals surface area (Å²) in [4.78, 5) is 2.58. The normalized spacial score (nSPS) is 38.0. The number of hydrogen-bond donors (Lipinski definition) is 2. The lowest BCUT2D eigenvalue weighted by molar-refractivity contribution is -0.0212. The molecule has 0 heterocycles. The molecule has 2 fully saturated rings. The molecule has 106 valence electrons. The van der Waals surface area contributed by atoms with E-state index in [1.807, 2.05) is 0 Å². The Bertz CT molecular complexity index is 247. The summed E-state index contributed by atoms with van der Waals surface area (Å²) in [5.41, 5.74) is 5.96. The average Bonchev–Trinajstić information content (AvgIpc) is 2.42. The second-order valence-corrected chi connectivity index (χ2v) is 6.10. The summed E-state index contributed by atoms with van der Waals surface area (Å²) in [5.74, 6) is 0.646. The van der Waals surface area contributed by atoms with Gasteiger partial charge in [0.25, 0.3) is 0 Å². The molecule has 18 heavy (non-hydrogen) atoms. The number of likely N-dealkylation sites (N-methyl/N-ethyl adjacent to an activating group) is 1. The minimum absolute atomic E-state index is 0.112. The Morgan fingerprint density at radius 1 is 1.00 bits per heavy atom.